The number of carbonyl (C=O) groups excluding carboxylic acids is 1. The fourth-order valence-electron chi connectivity index (χ4n) is 2.41. The van der Waals surface area contributed by atoms with Gasteiger partial charge in [0.2, 0.25) is 5.75 Å². The van der Waals surface area contributed by atoms with Crippen molar-refractivity contribution in [3.8, 4) is 28.7 Å². The summed E-state index contributed by atoms with van der Waals surface area (Å²) in [4.78, 5) is 22.2. The van der Waals surface area contributed by atoms with Crippen molar-refractivity contribution < 1.29 is 28.7 Å². The Balaban J connectivity index is 1.90. The van der Waals surface area contributed by atoms with Gasteiger partial charge in [0.05, 0.1) is 17.1 Å². The third-order valence-electron chi connectivity index (χ3n) is 3.83. The van der Waals surface area contributed by atoms with Crippen LogP contribution in [0.5, 0.6) is 28.7 Å². The van der Waals surface area contributed by atoms with E-state index in [2.05, 4.69) is 4.74 Å². The minimum Gasteiger partial charge on any atom is -0.478 e. The first-order chi connectivity index (χ1) is 14.5. The number of esters is 1. The van der Waals surface area contributed by atoms with Crippen molar-refractivity contribution in [3.05, 3.63) is 81.9 Å². The third-order valence-corrected chi connectivity index (χ3v) is 4.15. The van der Waals surface area contributed by atoms with E-state index in [-0.39, 0.29) is 35.3 Å². The molecular formula is C21H16ClNO7. The average Bonchev–Trinajstić information content (AvgIpc) is 2.74. The molecule has 0 aliphatic carbocycles. The molecule has 0 aromatic heterocycles. The molecule has 0 unspecified atom stereocenters. The number of nitro groups is 1. The Labute approximate surface area is 176 Å². The smallest absolute Gasteiger partial charge is 0.343 e. The van der Waals surface area contributed by atoms with Gasteiger partial charge in [0.1, 0.15) is 11.5 Å². The number of benzene rings is 3. The molecule has 3 aromatic rings. The van der Waals surface area contributed by atoms with Crippen LogP contribution in [0.25, 0.3) is 0 Å². The molecule has 0 saturated heterocycles. The molecule has 0 aliphatic rings. The van der Waals surface area contributed by atoms with E-state index in [0.29, 0.717) is 10.8 Å². The van der Waals surface area contributed by atoms with Crippen LogP contribution in [-0.4, -0.2) is 24.6 Å². The maximum Gasteiger partial charge on any atom is 0.343 e. The molecule has 3 aromatic carbocycles. The van der Waals surface area contributed by atoms with Crippen LogP contribution in [0.3, 0.4) is 0 Å². The highest BCUT2D eigenvalue weighted by molar-refractivity contribution is 6.32. The molecule has 3 rings (SSSR count). The van der Waals surface area contributed by atoms with E-state index in [1.165, 1.54) is 25.3 Å². The Morgan fingerprint density at radius 1 is 0.933 bits per heavy atom. The minimum atomic E-state index is -0.578. The topological polar surface area (TPSA) is 97.1 Å². The number of nitrogens with zero attached hydrogens (tertiary/aromatic N) is 1. The minimum absolute atomic E-state index is 0.0707. The van der Waals surface area contributed by atoms with E-state index >= 15 is 0 Å². The fourth-order valence-corrected chi connectivity index (χ4v) is 2.59. The lowest BCUT2D eigenvalue weighted by molar-refractivity contribution is -0.385. The normalized spacial score (nSPS) is 10.2. The molecule has 30 heavy (non-hydrogen) atoms. The summed E-state index contributed by atoms with van der Waals surface area (Å²) >= 11 is 6.10. The number of nitro benzene ring substituents is 1. The monoisotopic (exact) mass is 429 g/mol. The third kappa shape index (κ3) is 5.18. The van der Waals surface area contributed by atoms with Crippen LogP contribution < -0.4 is 14.2 Å². The van der Waals surface area contributed by atoms with Crippen molar-refractivity contribution in [2.24, 2.45) is 0 Å². The Kier molecular flexibility index (Phi) is 6.71. The predicted octanol–water partition coefficient (Wildman–Crippen LogP) is 5.38. The van der Waals surface area contributed by atoms with Gasteiger partial charge in [0.15, 0.2) is 18.1 Å². The Morgan fingerprint density at radius 2 is 1.60 bits per heavy atom. The van der Waals surface area contributed by atoms with Crippen LogP contribution in [0.4, 0.5) is 5.69 Å². The number of hydrogen-bond donors (Lipinski definition) is 0. The van der Waals surface area contributed by atoms with Crippen LogP contribution in [0.2, 0.25) is 5.02 Å². The Morgan fingerprint density at radius 3 is 2.27 bits per heavy atom. The zero-order valence-electron chi connectivity index (χ0n) is 15.7. The van der Waals surface area contributed by atoms with E-state index < -0.39 is 10.9 Å². The van der Waals surface area contributed by atoms with Crippen LogP contribution in [0, 0.1) is 10.1 Å². The highest BCUT2D eigenvalue weighted by Crippen LogP contribution is 2.39. The number of methoxy groups -OCH3 is 1. The first-order valence-corrected chi connectivity index (χ1v) is 9.03. The molecule has 0 atom stereocenters. The van der Waals surface area contributed by atoms with Crippen LogP contribution in [0.15, 0.2) is 66.7 Å². The second kappa shape index (κ2) is 9.62. The number of carbonyl (C=O) groups is 1. The molecule has 0 radical (unpaired) electrons. The van der Waals surface area contributed by atoms with Gasteiger partial charge >= 0.3 is 11.7 Å². The van der Waals surface area contributed by atoms with Crippen LogP contribution >= 0.6 is 11.6 Å². The molecule has 0 amide bonds. The van der Waals surface area contributed by atoms with Crippen molar-refractivity contribution >= 4 is 23.3 Å². The zero-order valence-corrected chi connectivity index (χ0v) is 16.5. The molecular weight excluding hydrogens is 414 g/mol. The SMILES string of the molecule is COC(=O)COc1ccccc1Oc1cc(Oc2ccccc2Cl)ccc1[N+](=O)[O-]. The van der Waals surface area contributed by atoms with Gasteiger partial charge in [-0.1, -0.05) is 35.9 Å². The number of ether oxygens (including phenoxy) is 4. The van der Waals surface area contributed by atoms with Crippen LogP contribution in [0.1, 0.15) is 0 Å². The first kappa shape index (κ1) is 20.9. The highest BCUT2D eigenvalue weighted by Gasteiger charge is 2.19. The lowest BCUT2D eigenvalue weighted by Gasteiger charge is -2.13. The van der Waals surface area contributed by atoms with E-state index in [9.17, 15) is 14.9 Å². The van der Waals surface area contributed by atoms with Gasteiger partial charge in [-0.3, -0.25) is 10.1 Å². The van der Waals surface area contributed by atoms with Gasteiger partial charge < -0.3 is 18.9 Å². The maximum absolute atomic E-state index is 11.4. The van der Waals surface area contributed by atoms with Crippen molar-refractivity contribution in [1.82, 2.24) is 0 Å². The molecule has 9 heteroatoms. The van der Waals surface area contributed by atoms with Gasteiger partial charge in [-0.25, -0.2) is 4.79 Å². The van der Waals surface area contributed by atoms with Gasteiger partial charge in [0, 0.05) is 12.1 Å². The summed E-state index contributed by atoms with van der Waals surface area (Å²) in [5.74, 6) is 0.427. The Bertz CT molecular complexity index is 1070. The standard InChI is InChI=1S/C21H16ClNO7/c1-27-21(24)13-28-18-8-4-5-9-19(18)30-20-12-14(10-11-16(20)23(25)26)29-17-7-3-2-6-15(17)22/h2-12H,13H2,1H3. The molecule has 8 nitrogen and oxygen atoms in total. The predicted molar refractivity (Wildman–Crippen MR) is 109 cm³/mol. The van der Waals surface area contributed by atoms with Gasteiger partial charge in [-0.05, 0) is 30.3 Å². The number of hydrogen-bond acceptors (Lipinski definition) is 7. The van der Waals surface area contributed by atoms with Gasteiger partial charge in [0.25, 0.3) is 0 Å². The van der Waals surface area contributed by atoms with E-state index in [4.69, 9.17) is 25.8 Å². The average molecular weight is 430 g/mol. The molecule has 0 fully saturated rings. The second-order valence-electron chi connectivity index (χ2n) is 5.83. The van der Waals surface area contributed by atoms with Crippen molar-refractivity contribution in [3.63, 3.8) is 0 Å². The molecule has 154 valence electrons. The van der Waals surface area contributed by atoms with Gasteiger partial charge in [-0.2, -0.15) is 0 Å². The number of para-hydroxylation sites is 3. The summed E-state index contributed by atoms with van der Waals surface area (Å²) in [6, 6.07) is 17.4. The number of halogens is 1. The lowest BCUT2D eigenvalue weighted by atomic mass is 10.2. The molecule has 0 saturated carbocycles. The van der Waals surface area contributed by atoms with Gasteiger partial charge in [-0.15, -0.1) is 0 Å². The number of rotatable bonds is 8. The fraction of sp³-hybridized carbons (Fsp3) is 0.0952. The molecule has 0 bridgehead atoms. The largest absolute Gasteiger partial charge is 0.478 e. The van der Waals surface area contributed by atoms with E-state index in [1.54, 1.807) is 48.5 Å². The summed E-state index contributed by atoms with van der Waals surface area (Å²) in [6.07, 6.45) is 0. The van der Waals surface area contributed by atoms with E-state index in [1.807, 2.05) is 0 Å². The summed E-state index contributed by atoms with van der Waals surface area (Å²) in [6.45, 7) is -0.339. The summed E-state index contributed by atoms with van der Waals surface area (Å²) in [5, 5.41) is 11.8. The van der Waals surface area contributed by atoms with E-state index in [0.717, 1.165) is 0 Å². The highest BCUT2D eigenvalue weighted by atomic mass is 35.5. The lowest BCUT2D eigenvalue weighted by Crippen LogP contribution is -2.12. The molecule has 0 spiro atoms. The second-order valence-corrected chi connectivity index (χ2v) is 6.24. The van der Waals surface area contributed by atoms with Crippen molar-refractivity contribution in [2.75, 3.05) is 13.7 Å². The molecule has 0 aliphatic heterocycles. The summed E-state index contributed by atoms with van der Waals surface area (Å²) in [7, 11) is 1.24. The summed E-state index contributed by atoms with van der Waals surface area (Å²) in [5.41, 5.74) is -0.274. The first-order valence-electron chi connectivity index (χ1n) is 8.65. The van der Waals surface area contributed by atoms with Crippen molar-refractivity contribution in [1.29, 1.82) is 0 Å². The molecule has 0 heterocycles. The zero-order chi connectivity index (χ0) is 21.5. The summed E-state index contributed by atoms with van der Waals surface area (Å²) < 4.78 is 21.4. The maximum atomic E-state index is 11.4. The van der Waals surface area contributed by atoms with Crippen LogP contribution in [-0.2, 0) is 9.53 Å². The quantitative estimate of drug-likeness (QED) is 0.269. The molecule has 0 N–H and O–H groups in total. The Hall–Kier alpha value is -3.78. The van der Waals surface area contributed by atoms with Crippen molar-refractivity contribution in [2.45, 2.75) is 0 Å².